The van der Waals surface area contributed by atoms with Crippen molar-refractivity contribution in [2.45, 2.75) is 39.3 Å². The zero-order chi connectivity index (χ0) is 14.0. The van der Waals surface area contributed by atoms with Gasteiger partial charge in [-0.1, -0.05) is 0 Å². The van der Waals surface area contributed by atoms with Crippen LogP contribution in [0.4, 0.5) is 5.13 Å². The van der Waals surface area contributed by atoms with Gasteiger partial charge in [-0.15, -0.1) is 11.3 Å². The van der Waals surface area contributed by atoms with E-state index in [1.165, 1.54) is 5.13 Å². The van der Waals surface area contributed by atoms with E-state index in [0.29, 0.717) is 6.04 Å². The van der Waals surface area contributed by atoms with E-state index in [4.69, 9.17) is 4.98 Å². The number of hydrogen-bond donors (Lipinski definition) is 1. The third-order valence-corrected chi connectivity index (χ3v) is 4.81. The minimum atomic E-state index is 0.279. The van der Waals surface area contributed by atoms with Gasteiger partial charge in [-0.05, 0) is 34.7 Å². The molecular weight excluding hydrogens is 256 g/mol. The Kier molecular flexibility index (Phi) is 4.48. The van der Waals surface area contributed by atoms with Crippen molar-refractivity contribution in [1.29, 1.82) is 0 Å². The van der Waals surface area contributed by atoms with Crippen LogP contribution in [-0.2, 0) is 0 Å². The van der Waals surface area contributed by atoms with Gasteiger partial charge in [0.15, 0.2) is 5.13 Å². The van der Waals surface area contributed by atoms with Crippen LogP contribution in [0.2, 0.25) is 0 Å². The number of thiazole rings is 1. The molecule has 0 bridgehead atoms. The first-order valence-corrected chi connectivity index (χ1v) is 7.92. The largest absolute Gasteiger partial charge is 0.346 e. The molecule has 1 N–H and O–H groups in total. The second kappa shape index (κ2) is 5.77. The zero-order valence-corrected chi connectivity index (χ0v) is 13.5. The molecule has 1 unspecified atom stereocenters. The third-order valence-electron chi connectivity index (χ3n) is 3.89. The molecule has 0 saturated carbocycles. The first-order valence-electron chi connectivity index (χ1n) is 7.04. The predicted octanol–water partition coefficient (Wildman–Crippen LogP) is 2.34. The van der Waals surface area contributed by atoms with Crippen molar-refractivity contribution in [2.24, 2.45) is 0 Å². The van der Waals surface area contributed by atoms with E-state index in [1.54, 1.807) is 11.3 Å². The number of nitrogens with one attached hydrogen (secondary N) is 1. The molecule has 1 atom stereocenters. The maximum absolute atomic E-state index is 4.76. The number of hydrogen-bond acceptors (Lipinski definition) is 5. The fraction of sp³-hybridized carbons (Fsp3) is 0.786. The Balaban J connectivity index is 1.96. The van der Waals surface area contributed by atoms with Crippen LogP contribution >= 0.6 is 11.3 Å². The number of nitrogens with zero attached hydrogens (tertiary/aromatic N) is 3. The maximum Gasteiger partial charge on any atom is 0.185 e. The van der Waals surface area contributed by atoms with Gasteiger partial charge < -0.3 is 10.2 Å². The van der Waals surface area contributed by atoms with Gasteiger partial charge in [-0.3, -0.25) is 4.90 Å². The van der Waals surface area contributed by atoms with Crippen molar-refractivity contribution < 1.29 is 0 Å². The minimum Gasteiger partial charge on any atom is -0.346 e. The summed E-state index contributed by atoms with van der Waals surface area (Å²) in [4.78, 5) is 9.72. The molecule has 0 radical (unpaired) electrons. The summed E-state index contributed by atoms with van der Waals surface area (Å²) in [5.74, 6) is 0. The van der Waals surface area contributed by atoms with E-state index in [2.05, 4.69) is 48.2 Å². The summed E-state index contributed by atoms with van der Waals surface area (Å²) in [7, 11) is 1.98. The van der Waals surface area contributed by atoms with Crippen LogP contribution in [0.25, 0.3) is 0 Å². The molecule has 0 aliphatic carbocycles. The van der Waals surface area contributed by atoms with Gasteiger partial charge in [0.05, 0.1) is 5.69 Å². The van der Waals surface area contributed by atoms with Crippen LogP contribution in [-0.4, -0.2) is 48.6 Å². The maximum atomic E-state index is 4.76. The topological polar surface area (TPSA) is 31.4 Å². The van der Waals surface area contributed by atoms with Crippen LogP contribution in [0.3, 0.4) is 0 Å². The van der Waals surface area contributed by atoms with Gasteiger partial charge in [0.1, 0.15) is 0 Å². The quantitative estimate of drug-likeness (QED) is 0.922. The lowest BCUT2D eigenvalue weighted by atomic mass is 10.1. The molecule has 0 aromatic carbocycles. The Labute approximate surface area is 120 Å². The average Bonchev–Trinajstić information content (AvgIpc) is 2.86. The van der Waals surface area contributed by atoms with Crippen LogP contribution < -0.4 is 10.2 Å². The van der Waals surface area contributed by atoms with E-state index in [0.717, 1.165) is 31.9 Å². The van der Waals surface area contributed by atoms with Gasteiger partial charge in [0, 0.05) is 43.1 Å². The summed E-state index contributed by atoms with van der Waals surface area (Å²) in [5, 5.41) is 6.59. The van der Waals surface area contributed by atoms with E-state index < -0.39 is 0 Å². The summed E-state index contributed by atoms with van der Waals surface area (Å²) < 4.78 is 0. The number of aromatic nitrogens is 1. The molecule has 1 aromatic rings. The van der Waals surface area contributed by atoms with Crippen LogP contribution in [0.15, 0.2) is 5.38 Å². The smallest absolute Gasteiger partial charge is 0.185 e. The Bertz CT molecular complexity index is 402. The minimum absolute atomic E-state index is 0.279. The van der Waals surface area contributed by atoms with E-state index in [1.807, 2.05) is 7.05 Å². The highest BCUT2D eigenvalue weighted by atomic mass is 32.1. The van der Waals surface area contributed by atoms with Crippen LogP contribution in [0.1, 0.15) is 39.4 Å². The van der Waals surface area contributed by atoms with Gasteiger partial charge in [0.25, 0.3) is 0 Å². The predicted molar refractivity (Wildman–Crippen MR) is 83.1 cm³/mol. The van der Waals surface area contributed by atoms with Crippen molar-refractivity contribution in [3.05, 3.63) is 11.1 Å². The highest BCUT2D eigenvalue weighted by molar-refractivity contribution is 7.13. The Morgan fingerprint density at radius 3 is 2.42 bits per heavy atom. The van der Waals surface area contributed by atoms with Gasteiger partial charge in [-0.2, -0.15) is 0 Å². The molecule has 4 nitrogen and oxygen atoms in total. The first kappa shape index (κ1) is 14.8. The number of piperazine rings is 1. The molecule has 1 fully saturated rings. The highest BCUT2D eigenvalue weighted by Crippen LogP contribution is 2.26. The fourth-order valence-electron chi connectivity index (χ4n) is 2.34. The average molecular weight is 282 g/mol. The Morgan fingerprint density at radius 1 is 1.26 bits per heavy atom. The summed E-state index contributed by atoms with van der Waals surface area (Å²) in [6.45, 7) is 13.4. The molecule has 5 heteroatoms. The summed E-state index contributed by atoms with van der Waals surface area (Å²) in [5.41, 5.74) is 1.43. The molecular formula is C14H26N4S. The SMILES string of the molecule is CNC(C)c1csc(N2CCN(C(C)(C)C)CC2)n1. The van der Waals surface area contributed by atoms with Crippen LogP contribution in [0.5, 0.6) is 0 Å². The Morgan fingerprint density at radius 2 is 1.89 bits per heavy atom. The molecule has 1 aliphatic rings. The van der Waals surface area contributed by atoms with Crippen LogP contribution in [0, 0.1) is 0 Å². The standard InChI is InChI=1S/C14H26N4S/c1-11(15-5)12-10-19-13(16-12)17-6-8-18(9-7-17)14(2,3)4/h10-11,15H,6-9H2,1-5H3. The second-order valence-electron chi connectivity index (χ2n) is 6.21. The number of rotatable bonds is 3. The number of anilines is 1. The molecule has 2 heterocycles. The lowest BCUT2D eigenvalue weighted by Crippen LogP contribution is -2.53. The third kappa shape index (κ3) is 3.46. The van der Waals surface area contributed by atoms with Crippen molar-refractivity contribution in [3.8, 4) is 0 Å². The first-order chi connectivity index (χ1) is 8.91. The van der Waals surface area contributed by atoms with Crippen molar-refractivity contribution in [1.82, 2.24) is 15.2 Å². The lowest BCUT2D eigenvalue weighted by molar-refractivity contribution is 0.128. The second-order valence-corrected chi connectivity index (χ2v) is 7.05. The molecule has 0 amide bonds. The Hall–Kier alpha value is -0.650. The van der Waals surface area contributed by atoms with E-state index in [9.17, 15) is 0 Å². The monoisotopic (exact) mass is 282 g/mol. The van der Waals surface area contributed by atoms with Crippen molar-refractivity contribution >= 4 is 16.5 Å². The molecule has 1 aliphatic heterocycles. The van der Waals surface area contributed by atoms with Crippen molar-refractivity contribution in [2.75, 3.05) is 38.1 Å². The molecule has 2 rings (SSSR count). The molecule has 108 valence electrons. The molecule has 1 aromatic heterocycles. The van der Waals surface area contributed by atoms with Gasteiger partial charge >= 0.3 is 0 Å². The highest BCUT2D eigenvalue weighted by Gasteiger charge is 2.26. The van der Waals surface area contributed by atoms with Crippen molar-refractivity contribution in [3.63, 3.8) is 0 Å². The summed E-state index contributed by atoms with van der Waals surface area (Å²) in [6, 6.07) is 0.334. The van der Waals surface area contributed by atoms with Gasteiger partial charge in [0.2, 0.25) is 0 Å². The molecule has 19 heavy (non-hydrogen) atoms. The summed E-state index contributed by atoms with van der Waals surface area (Å²) in [6.07, 6.45) is 0. The normalized spacial score (nSPS) is 19.7. The summed E-state index contributed by atoms with van der Waals surface area (Å²) >= 11 is 1.76. The van der Waals surface area contributed by atoms with E-state index in [-0.39, 0.29) is 5.54 Å². The molecule has 1 saturated heterocycles. The zero-order valence-electron chi connectivity index (χ0n) is 12.7. The lowest BCUT2D eigenvalue weighted by Gasteiger charge is -2.42. The molecule has 0 spiro atoms. The van der Waals surface area contributed by atoms with Gasteiger partial charge in [-0.25, -0.2) is 4.98 Å². The van der Waals surface area contributed by atoms with E-state index >= 15 is 0 Å². The fourth-order valence-corrected chi connectivity index (χ4v) is 3.31.